The molecule has 3 nitrogen and oxygen atoms in total. The van der Waals surface area contributed by atoms with Crippen LogP contribution in [0.2, 0.25) is 0 Å². The van der Waals surface area contributed by atoms with E-state index in [1.165, 1.54) is 44.6 Å². The molecule has 3 fully saturated rings. The van der Waals surface area contributed by atoms with Gasteiger partial charge in [0.05, 0.1) is 0 Å². The van der Waals surface area contributed by atoms with Crippen LogP contribution in [0.1, 0.15) is 52.9 Å². The number of rotatable bonds is 4. The first kappa shape index (κ1) is 15.7. The van der Waals surface area contributed by atoms with Crippen LogP contribution in [0.5, 0.6) is 0 Å². The zero-order valence-corrected chi connectivity index (χ0v) is 14.6. The lowest BCUT2D eigenvalue weighted by Gasteiger charge is -2.47. The second-order valence-electron chi connectivity index (χ2n) is 7.95. The van der Waals surface area contributed by atoms with Crippen molar-refractivity contribution in [3.05, 3.63) is 0 Å². The van der Waals surface area contributed by atoms with Gasteiger partial charge in [-0.05, 0) is 31.6 Å². The van der Waals surface area contributed by atoms with Crippen molar-refractivity contribution in [3.63, 3.8) is 0 Å². The van der Waals surface area contributed by atoms with Crippen LogP contribution in [0, 0.1) is 5.92 Å². The van der Waals surface area contributed by atoms with Crippen LogP contribution >= 0.6 is 11.8 Å². The van der Waals surface area contributed by atoms with Gasteiger partial charge in [0.1, 0.15) is 0 Å². The number of carbonyl (C=O) groups excluding carboxylic acids is 1. The summed E-state index contributed by atoms with van der Waals surface area (Å²) in [5.41, 5.74) is 0. The minimum atomic E-state index is 0.373. The van der Waals surface area contributed by atoms with Gasteiger partial charge >= 0.3 is 0 Å². The Hall–Kier alpha value is -0.220. The van der Waals surface area contributed by atoms with Crippen LogP contribution < -0.4 is 0 Å². The molecule has 0 radical (unpaired) electrons. The number of fused-ring (bicyclic) bond motifs is 1. The van der Waals surface area contributed by atoms with Crippen molar-refractivity contribution in [2.45, 2.75) is 69.7 Å². The maximum atomic E-state index is 12.2. The van der Waals surface area contributed by atoms with Crippen molar-refractivity contribution in [1.29, 1.82) is 0 Å². The molecule has 1 saturated carbocycles. The first-order valence-corrected chi connectivity index (χ1v) is 9.60. The Bertz CT molecular complexity index is 389. The van der Waals surface area contributed by atoms with Crippen LogP contribution in [0.25, 0.3) is 0 Å². The maximum Gasteiger partial charge on any atom is 0.223 e. The van der Waals surface area contributed by atoms with Gasteiger partial charge in [-0.1, -0.05) is 20.8 Å². The lowest BCUT2D eigenvalue weighted by atomic mass is 9.83. The highest BCUT2D eigenvalue weighted by atomic mass is 32.2. The molecule has 2 heterocycles. The van der Waals surface area contributed by atoms with E-state index in [-0.39, 0.29) is 0 Å². The van der Waals surface area contributed by atoms with Gasteiger partial charge in [-0.25, -0.2) is 0 Å². The minimum Gasteiger partial charge on any atom is -0.336 e. The van der Waals surface area contributed by atoms with Gasteiger partial charge in [0.15, 0.2) is 0 Å². The predicted octanol–water partition coefficient (Wildman–Crippen LogP) is 2.99. The molecule has 21 heavy (non-hydrogen) atoms. The molecule has 2 atom stereocenters. The quantitative estimate of drug-likeness (QED) is 0.797. The third kappa shape index (κ3) is 3.95. The highest BCUT2D eigenvalue weighted by Crippen LogP contribution is 2.39. The van der Waals surface area contributed by atoms with E-state index in [0.717, 1.165) is 18.8 Å². The molecule has 0 bridgehead atoms. The largest absolute Gasteiger partial charge is 0.336 e. The summed E-state index contributed by atoms with van der Waals surface area (Å²) in [5.74, 6) is 2.40. The van der Waals surface area contributed by atoms with E-state index in [2.05, 4.69) is 42.3 Å². The molecule has 3 aliphatic rings. The molecule has 1 amide bonds. The zero-order valence-electron chi connectivity index (χ0n) is 13.8. The highest BCUT2D eigenvalue weighted by Gasteiger charge is 2.45. The zero-order chi connectivity index (χ0) is 15.0. The summed E-state index contributed by atoms with van der Waals surface area (Å²) >= 11 is 2.07. The monoisotopic (exact) mass is 310 g/mol. The van der Waals surface area contributed by atoms with Crippen molar-refractivity contribution in [3.8, 4) is 0 Å². The number of hydrogen-bond acceptors (Lipinski definition) is 3. The number of carbonyl (C=O) groups is 1. The molecule has 1 aliphatic carbocycles. The molecule has 0 aromatic rings. The Morgan fingerprint density at radius 3 is 2.62 bits per heavy atom. The molecule has 120 valence electrons. The molecule has 0 aromatic heterocycles. The van der Waals surface area contributed by atoms with E-state index in [9.17, 15) is 4.79 Å². The van der Waals surface area contributed by atoms with Crippen LogP contribution in [0.15, 0.2) is 0 Å². The van der Waals surface area contributed by atoms with E-state index in [4.69, 9.17) is 0 Å². The normalized spacial score (nSPS) is 31.4. The van der Waals surface area contributed by atoms with E-state index in [1.807, 2.05) is 0 Å². The molecular weight excluding hydrogens is 280 g/mol. The molecule has 2 aliphatic heterocycles. The standard InChI is InChI=1S/C17H30N2OS/c1-17(2,3)21-11-10-18-9-8-15-13(12-18)4-7-16(20)19(15)14-5-6-14/h13-15H,4-12H2,1-3H3/t13-,15+/m0/s1. The Labute approximate surface area is 133 Å². The van der Waals surface area contributed by atoms with Crippen molar-refractivity contribution < 1.29 is 4.79 Å². The van der Waals surface area contributed by atoms with E-state index >= 15 is 0 Å². The Balaban J connectivity index is 1.50. The first-order valence-electron chi connectivity index (χ1n) is 8.61. The second-order valence-corrected chi connectivity index (χ2v) is 9.87. The highest BCUT2D eigenvalue weighted by molar-refractivity contribution is 8.00. The number of nitrogens with zero attached hydrogens (tertiary/aromatic N) is 2. The fourth-order valence-corrected chi connectivity index (χ4v) is 4.84. The molecule has 4 heteroatoms. The van der Waals surface area contributed by atoms with E-state index in [0.29, 0.717) is 22.7 Å². The summed E-state index contributed by atoms with van der Waals surface area (Å²) < 4.78 is 0.373. The van der Waals surface area contributed by atoms with Crippen molar-refractivity contribution in [2.75, 3.05) is 25.4 Å². The van der Waals surface area contributed by atoms with Crippen LogP contribution in [0.3, 0.4) is 0 Å². The molecule has 0 N–H and O–H groups in total. The fraction of sp³-hybridized carbons (Fsp3) is 0.941. The van der Waals surface area contributed by atoms with Crippen molar-refractivity contribution in [2.24, 2.45) is 5.92 Å². The fourth-order valence-electron chi connectivity index (χ4n) is 3.88. The van der Waals surface area contributed by atoms with Gasteiger partial charge < -0.3 is 9.80 Å². The number of hydrogen-bond donors (Lipinski definition) is 0. The van der Waals surface area contributed by atoms with Gasteiger partial charge in [-0.15, -0.1) is 0 Å². The van der Waals surface area contributed by atoms with Gasteiger partial charge in [0.2, 0.25) is 5.91 Å². The van der Waals surface area contributed by atoms with E-state index < -0.39 is 0 Å². The summed E-state index contributed by atoms with van der Waals surface area (Å²) in [6.07, 6.45) is 5.62. The second kappa shape index (κ2) is 6.11. The summed E-state index contributed by atoms with van der Waals surface area (Å²) in [7, 11) is 0. The lowest BCUT2D eigenvalue weighted by molar-refractivity contribution is -0.141. The summed E-state index contributed by atoms with van der Waals surface area (Å²) in [6.45, 7) is 10.5. The molecule has 2 saturated heterocycles. The SMILES string of the molecule is CC(C)(C)SCCN1CC[C@@H]2[C@@H](CCC(=O)N2C2CC2)C1. The lowest BCUT2D eigenvalue weighted by Crippen LogP contribution is -2.56. The van der Waals surface area contributed by atoms with Gasteiger partial charge in [-0.3, -0.25) is 4.79 Å². The van der Waals surface area contributed by atoms with Crippen LogP contribution in [-0.4, -0.2) is 57.9 Å². The topological polar surface area (TPSA) is 23.6 Å². The van der Waals surface area contributed by atoms with Crippen molar-refractivity contribution >= 4 is 17.7 Å². The smallest absolute Gasteiger partial charge is 0.223 e. The van der Waals surface area contributed by atoms with Gasteiger partial charge in [0, 0.05) is 48.6 Å². The number of likely N-dealkylation sites (tertiary alicyclic amines) is 2. The molecule has 0 aromatic carbocycles. The Morgan fingerprint density at radius 2 is 1.95 bits per heavy atom. The molecular formula is C17H30N2OS. The molecule has 0 unspecified atom stereocenters. The Kier molecular flexibility index (Phi) is 4.56. The number of piperidine rings is 2. The number of amides is 1. The summed E-state index contributed by atoms with van der Waals surface area (Å²) in [5, 5.41) is 0. The van der Waals surface area contributed by atoms with Crippen molar-refractivity contribution in [1.82, 2.24) is 9.80 Å². The third-order valence-electron chi connectivity index (χ3n) is 5.04. The molecule has 0 spiro atoms. The third-order valence-corrected chi connectivity index (χ3v) is 6.29. The summed E-state index contributed by atoms with van der Waals surface area (Å²) in [4.78, 5) is 17.1. The van der Waals surface area contributed by atoms with Crippen LogP contribution in [0.4, 0.5) is 0 Å². The average molecular weight is 311 g/mol. The average Bonchev–Trinajstić information content (AvgIpc) is 3.21. The van der Waals surface area contributed by atoms with E-state index in [1.54, 1.807) is 0 Å². The van der Waals surface area contributed by atoms with Gasteiger partial charge in [0.25, 0.3) is 0 Å². The summed E-state index contributed by atoms with van der Waals surface area (Å²) in [6, 6.07) is 1.17. The Morgan fingerprint density at radius 1 is 1.19 bits per heavy atom. The van der Waals surface area contributed by atoms with Gasteiger partial charge in [-0.2, -0.15) is 11.8 Å². The van der Waals surface area contributed by atoms with Crippen LogP contribution in [-0.2, 0) is 4.79 Å². The molecule has 3 rings (SSSR count). The number of thioether (sulfide) groups is 1. The predicted molar refractivity (Wildman–Crippen MR) is 89.6 cm³/mol. The maximum absolute atomic E-state index is 12.2. The first-order chi connectivity index (χ1) is 9.94. The minimum absolute atomic E-state index is 0.373.